The third kappa shape index (κ3) is 28.1. The number of aliphatic hydroxyl groups excluding tert-OH is 1. The number of aliphatic hydroxyl groups is 1. The molecular formula is C71H116N8O14. The summed E-state index contributed by atoms with van der Waals surface area (Å²) in [5.41, 5.74) is 12.5. The number of primary amides is 1. The van der Waals surface area contributed by atoms with E-state index in [-0.39, 0.29) is 140 Å². The summed E-state index contributed by atoms with van der Waals surface area (Å²) in [7, 11) is 6.40. The first-order valence-corrected chi connectivity index (χ1v) is 33.6. The molecule has 1 fully saturated rings. The van der Waals surface area contributed by atoms with Crippen LogP contribution in [0.2, 0.25) is 0 Å². The zero-order chi connectivity index (χ0) is 70.2. The number of urea groups is 1. The van der Waals surface area contributed by atoms with Crippen LogP contribution < -0.4 is 27.4 Å². The van der Waals surface area contributed by atoms with Gasteiger partial charge in [0, 0.05) is 103 Å². The highest BCUT2D eigenvalue weighted by Crippen LogP contribution is 2.31. The van der Waals surface area contributed by atoms with Gasteiger partial charge in [-0.1, -0.05) is 125 Å². The summed E-state index contributed by atoms with van der Waals surface area (Å²) in [5, 5.41) is 18.4. The lowest BCUT2D eigenvalue weighted by atomic mass is 9.83. The van der Waals surface area contributed by atoms with Crippen molar-refractivity contribution >= 4 is 64.6 Å². The predicted octanol–water partition coefficient (Wildman–Crippen LogP) is 9.37. The lowest BCUT2D eigenvalue weighted by molar-refractivity contribution is -0.148. The second-order valence-corrected chi connectivity index (χ2v) is 26.6. The summed E-state index contributed by atoms with van der Waals surface area (Å²) < 4.78 is 16.8. The van der Waals surface area contributed by atoms with Crippen LogP contribution in [0.4, 0.5) is 15.3 Å². The van der Waals surface area contributed by atoms with Crippen LogP contribution in [0, 0.1) is 47.3 Å². The summed E-state index contributed by atoms with van der Waals surface area (Å²) in [6, 6.07) is 13.4. The molecule has 22 nitrogen and oxygen atoms in total. The number of rotatable bonds is 41. The second-order valence-electron chi connectivity index (χ2n) is 26.6. The average Bonchev–Trinajstić information content (AvgIpc) is 1.34. The van der Waals surface area contributed by atoms with E-state index in [1.807, 2.05) is 118 Å². The molecule has 0 saturated carbocycles. The van der Waals surface area contributed by atoms with Gasteiger partial charge in [-0.25, -0.2) is 9.59 Å². The predicted molar refractivity (Wildman–Crippen MR) is 361 cm³/mol. The Kier molecular flexibility index (Phi) is 37.8. The number of nitrogens with zero attached hydrogens (tertiary/aromatic N) is 3. The molecule has 8 N–H and O–H groups in total. The van der Waals surface area contributed by atoms with Crippen LogP contribution >= 0.6 is 0 Å². The topological polar surface area (TPSA) is 316 Å². The molecule has 3 rings (SSSR count). The Morgan fingerprint density at radius 1 is 0.720 bits per heavy atom. The molecule has 1 aliphatic rings. The molecule has 1 aliphatic heterocycles. The van der Waals surface area contributed by atoms with Crippen molar-refractivity contribution in [3.63, 3.8) is 0 Å². The number of unbranched alkanes of at least 4 members (excludes halogenated alkanes) is 2. The van der Waals surface area contributed by atoms with Crippen molar-refractivity contribution in [1.82, 2.24) is 25.3 Å². The molecule has 22 heteroatoms. The summed E-state index contributed by atoms with van der Waals surface area (Å²) in [4.78, 5) is 136. The lowest BCUT2D eigenvalue weighted by Gasteiger charge is -2.40. The van der Waals surface area contributed by atoms with Crippen LogP contribution in [-0.4, -0.2) is 163 Å². The number of benzene rings is 2. The summed E-state index contributed by atoms with van der Waals surface area (Å²) in [6.45, 7) is 23.6. The SMILES string of the molecule is CC[C@H](C)[C@@H]([C@@H](CC(=O)N1CCC[C@H]1C)OC)N(C)C(=O)[C@@H](CC(=O)C(C(C)C)N(C)C(=O)OCc1ccc(NC(=O)[C@H](CCCNC(N)=O)CC(=O)[C@@H](NC(=O)CCCCCC(=O)CN)C(C)C)cc1)C(C)C.CO[C@@H](C)[C@@H](C)C(=O)C[C@H](C)[C@@H](O)c1ccccc1. The Morgan fingerprint density at radius 2 is 1.35 bits per heavy atom. The van der Waals surface area contributed by atoms with Crippen LogP contribution in [0.15, 0.2) is 54.6 Å². The number of nitrogens with two attached hydrogens (primary N) is 2. The Morgan fingerprint density at radius 3 is 1.89 bits per heavy atom. The van der Waals surface area contributed by atoms with Gasteiger partial charge >= 0.3 is 12.1 Å². The molecule has 524 valence electrons. The molecule has 0 spiro atoms. The van der Waals surface area contributed by atoms with Gasteiger partial charge in [0.1, 0.15) is 18.2 Å². The first kappa shape index (κ1) is 82.5. The summed E-state index contributed by atoms with van der Waals surface area (Å²) in [5.74, 6) is -4.02. The van der Waals surface area contributed by atoms with Crippen molar-refractivity contribution in [1.29, 1.82) is 0 Å². The largest absolute Gasteiger partial charge is 0.445 e. The van der Waals surface area contributed by atoms with Crippen molar-refractivity contribution in [2.45, 2.75) is 222 Å². The number of ketones is 4. The highest BCUT2D eigenvalue weighted by Gasteiger charge is 2.41. The lowest BCUT2D eigenvalue weighted by Crippen LogP contribution is -2.53. The summed E-state index contributed by atoms with van der Waals surface area (Å²) in [6.07, 6.45) is 3.86. The van der Waals surface area contributed by atoms with E-state index >= 15 is 0 Å². The van der Waals surface area contributed by atoms with Gasteiger partial charge in [-0.15, -0.1) is 0 Å². The van der Waals surface area contributed by atoms with Crippen molar-refractivity contribution in [2.75, 3.05) is 53.3 Å². The fourth-order valence-electron chi connectivity index (χ4n) is 11.9. The van der Waals surface area contributed by atoms with E-state index in [1.54, 1.807) is 50.4 Å². The molecule has 1 saturated heterocycles. The van der Waals surface area contributed by atoms with E-state index in [9.17, 15) is 53.1 Å². The van der Waals surface area contributed by atoms with Gasteiger partial charge in [0.05, 0.1) is 49.4 Å². The maximum atomic E-state index is 14.5. The molecule has 0 radical (unpaired) electrons. The number of carbonyl (C=O) groups excluding carboxylic acids is 10. The Hall–Kier alpha value is -6.62. The molecular weight excluding hydrogens is 1190 g/mol. The Balaban J connectivity index is 0.00000132. The number of methoxy groups -OCH3 is 2. The quantitative estimate of drug-likeness (QED) is 0.0338. The van der Waals surface area contributed by atoms with Crippen molar-refractivity contribution in [3.05, 3.63) is 65.7 Å². The fourth-order valence-corrected chi connectivity index (χ4v) is 11.9. The van der Waals surface area contributed by atoms with Crippen LogP contribution in [0.1, 0.15) is 190 Å². The van der Waals surface area contributed by atoms with Crippen LogP contribution in [0.5, 0.6) is 0 Å². The third-order valence-electron chi connectivity index (χ3n) is 18.3. The molecule has 1 heterocycles. The van der Waals surface area contributed by atoms with Crippen molar-refractivity contribution in [3.8, 4) is 0 Å². The number of likely N-dealkylation sites (N-methyl/N-ethyl adjacent to an activating group) is 2. The maximum Gasteiger partial charge on any atom is 0.410 e. The van der Waals surface area contributed by atoms with Crippen molar-refractivity contribution < 1.29 is 67.3 Å². The summed E-state index contributed by atoms with van der Waals surface area (Å²) >= 11 is 0. The Bertz CT molecular complexity index is 2660. The number of hydrogen-bond acceptors (Lipinski definition) is 15. The van der Waals surface area contributed by atoms with Crippen molar-refractivity contribution in [2.24, 2.45) is 58.8 Å². The van der Waals surface area contributed by atoms with Gasteiger partial charge in [0.15, 0.2) is 11.6 Å². The van der Waals surface area contributed by atoms with Gasteiger partial charge in [-0.3, -0.25) is 38.4 Å². The number of ether oxygens (including phenoxy) is 3. The number of amides is 7. The number of nitrogens with one attached hydrogen (secondary N) is 3. The molecule has 12 atom stereocenters. The minimum Gasteiger partial charge on any atom is -0.445 e. The standard InChI is InChI=1S/C55H92N8O11.C16H24O3/c1-13-37(8)51(46(73-12)31-48(68)63-28-18-19-38(63)9)61(10)53(70)43(34(2)3)30-45(66)50(36(6)7)62(11)55(72)74-33-39-23-25-41(26-24-39)59-52(69)40(20-17-27-58-54(57)71)29-44(65)49(35(4)5)60-47(67)22-16-14-15-21-42(64)32-56;1-11(10-15(17)12(2)13(3)19-4)16(18)14-8-6-5-7-9-14/h23-26,34-38,40,43,46,49-51H,13-22,27-33,56H2,1-12H3,(H,59,69)(H,60,67)(H3,57,58,71);5-9,11-13,16,18H,10H2,1-4H3/t37-,38+,40+,43-,46+,49-,50?,51-;11-,12+,13-,16+/m00/s1. The number of carbonyl (C=O) groups is 10. The zero-order valence-electron chi connectivity index (χ0n) is 58.8. The first-order valence-electron chi connectivity index (χ1n) is 33.6. The number of Topliss-reactive ketones (excluding diaryl/α,β-unsaturated/α-hetero) is 4. The highest BCUT2D eigenvalue weighted by atomic mass is 16.6. The molecule has 2 aromatic rings. The molecule has 0 aliphatic carbocycles. The van der Waals surface area contributed by atoms with Crippen LogP contribution in [0.25, 0.3) is 0 Å². The van der Waals surface area contributed by atoms with Gasteiger partial charge in [0.2, 0.25) is 23.6 Å². The van der Waals surface area contributed by atoms with E-state index in [4.69, 9.17) is 25.7 Å². The monoisotopic (exact) mass is 1300 g/mol. The maximum absolute atomic E-state index is 14.5. The van der Waals surface area contributed by atoms with Gasteiger partial charge in [-0.05, 0) is 105 Å². The van der Waals surface area contributed by atoms with E-state index < -0.39 is 60.2 Å². The Labute approximate surface area is 554 Å². The average molecular weight is 1310 g/mol. The molecule has 7 amide bonds. The molecule has 0 bridgehead atoms. The van der Waals surface area contributed by atoms with E-state index in [0.717, 1.165) is 24.8 Å². The van der Waals surface area contributed by atoms with Crippen LogP contribution in [0.3, 0.4) is 0 Å². The van der Waals surface area contributed by atoms with Gasteiger partial charge in [-0.2, -0.15) is 0 Å². The molecule has 1 unspecified atom stereocenters. The normalized spacial score (nSPS) is 16.6. The van der Waals surface area contributed by atoms with Crippen LogP contribution in [-0.2, 0) is 59.2 Å². The van der Waals surface area contributed by atoms with Gasteiger partial charge in [0.25, 0.3) is 0 Å². The van der Waals surface area contributed by atoms with E-state index in [2.05, 4.69) is 16.0 Å². The molecule has 0 aromatic heterocycles. The third-order valence-corrected chi connectivity index (χ3v) is 18.3. The molecule has 93 heavy (non-hydrogen) atoms. The smallest absolute Gasteiger partial charge is 0.410 e. The molecule has 2 aromatic carbocycles. The van der Waals surface area contributed by atoms with E-state index in [1.165, 1.54) is 11.9 Å². The zero-order valence-corrected chi connectivity index (χ0v) is 58.8. The second kappa shape index (κ2) is 42.7. The first-order chi connectivity index (χ1) is 43.8. The minimum atomic E-state index is -0.897. The van der Waals surface area contributed by atoms with Gasteiger partial charge < -0.3 is 61.4 Å². The number of hydrogen-bond donors (Lipinski definition) is 6. The van der Waals surface area contributed by atoms with E-state index in [0.29, 0.717) is 56.3 Å². The highest BCUT2D eigenvalue weighted by molar-refractivity contribution is 5.97. The number of anilines is 1. The minimum absolute atomic E-state index is 0.00286. The number of likely N-dealkylation sites (tertiary alicyclic amines) is 1. The fraction of sp³-hybridized carbons (Fsp3) is 0.690.